The summed E-state index contributed by atoms with van der Waals surface area (Å²) in [4.78, 5) is 33.3. The first-order valence-electron chi connectivity index (χ1n) is 8.39. The summed E-state index contributed by atoms with van der Waals surface area (Å²) in [7, 11) is 0. The van der Waals surface area contributed by atoms with Crippen molar-refractivity contribution in [1.29, 1.82) is 0 Å². The Balaban J connectivity index is 1.73. The highest BCUT2D eigenvalue weighted by Crippen LogP contribution is 2.20. The fourth-order valence-corrected chi connectivity index (χ4v) is 3.17. The van der Waals surface area contributed by atoms with Crippen LogP contribution in [0.1, 0.15) is 48.7 Å². The van der Waals surface area contributed by atoms with Gasteiger partial charge in [0.15, 0.2) is 0 Å². The minimum Gasteiger partial charge on any atom is -0.338 e. The van der Waals surface area contributed by atoms with E-state index in [1.165, 1.54) is 12.4 Å². The molecule has 1 fully saturated rings. The highest BCUT2D eigenvalue weighted by Gasteiger charge is 2.25. The van der Waals surface area contributed by atoms with Crippen LogP contribution in [0.25, 0.3) is 0 Å². The van der Waals surface area contributed by atoms with Crippen molar-refractivity contribution in [3.8, 4) is 0 Å². The second kappa shape index (κ2) is 6.98. The molecule has 0 aliphatic carbocycles. The summed E-state index contributed by atoms with van der Waals surface area (Å²) in [6, 6.07) is 3.20. The van der Waals surface area contributed by atoms with Crippen LogP contribution < -0.4 is 5.56 Å². The molecule has 24 heavy (non-hydrogen) atoms. The Morgan fingerprint density at radius 2 is 2.25 bits per heavy atom. The van der Waals surface area contributed by atoms with Crippen LogP contribution in [0.4, 0.5) is 0 Å². The molecule has 0 saturated carbocycles. The third-order valence-corrected chi connectivity index (χ3v) is 4.45. The van der Waals surface area contributed by atoms with Gasteiger partial charge in [0.25, 0.3) is 5.91 Å². The number of likely N-dealkylation sites (tertiary alicyclic amines) is 1. The molecule has 3 heterocycles. The zero-order valence-corrected chi connectivity index (χ0v) is 14.1. The molecule has 128 valence electrons. The van der Waals surface area contributed by atoms with E-state index < -0.39 is 0 Å². The number of aromatic amines is 1. The monoisotopic (exact) mass is 329 g/mol. The lowest BCUT2D eigenvalue weighted by molar-refractivity contribution is 0.0659. The molecule has 1 atom stereocenters. The molecule has 1 saturated heterocycles. The molecule has 1 aliphatic heterocycles. The number of H-pyrrole nitrogens is 1. The molecule has 0 spiro atoms. The molecule has 0 unspecified atom stereocenters. The van der Waals surface area contributed by atoms with E-state index in [1.54, 1.807) is 12.4 Å². The number of hydrogen-bond acceptors (Lipinski definition) is 4. The zero-order valence-electron chi connectivity index (χ0n) is 14.1. The van der Waals surface area contributed by atoms with Crippen molar-refractivity contribution in [2.75, 3.05) is 13.1 Å². The lowest BCUT2D eigenvalue weighted by Crippen LogP contribution is -2.41. The van der Waals surface area contributed by atoms with Crippen LogP contribution in [-0.2, 0) is 6.54 Å². The Morgan fingerprint density at radius 1 is 1.42 bits per heavy atom. The average molecular weight is 329 g/mol. The lowest BCUT2D eigenvalue weighted by atomic mass is 9.97. The predicted molar refractivity (Wildman–Crippen MR) is 89.8 cm³/mol. The number of nitrogens with zero attached hydrogens (tertiary/aromatic N) is 4. The molecule has 7 nitrogen and oxygen atoms in total. The van der Waals surface area contributed by atoms with Gasteiger partial charge in [-0.15, -0.1) is 0 Å². The van der Waals surface area contributed by atoms with Gasteiger partial charge < -0.3 is 9.88 Å². The van der Waals surface area contributed by atoms with Crippen LogP contribution in [0.3, 0.4) is 0 Å². The van der Waals surface area contributed by atoms with E-state index in [9.17, 15) is 9.59 Å². The van der Waals surface area contributed by atoms with Gasteiger partial charge in [0.2, 0.25) is 5.56 Å². The van der Waals surface area contributed by atoms with E-state index in [0.29, 0.717) is 18.0 Å². The van der Waals surface area contributed by atoms with Gasteiger partial charge in [-0.25, -0.2) is 4.98 Å². The van der Waals surface area contributed by atoms with Crippen LogP contribution in [0, 0.1) is 5.92 Å². The molecule has 0 aromatic carbocycles. The lowest BCUT2D eigenvalue weighted by Gasteiger charge is -2.32. The van der Waals surface area contributed by atoms with Gasteiger partial charge in [0.05, 0.1) is 0 Å². The normalized spacial score (nSPS) is 18.1. The standard InChI is InChI=1S/C17H23N5O2/c1-12(2)15-6-14(7-16(23)20-15)17(24)21-5-3-4-13(8-21)9-22-11-18-10-19-22/h6-7,10-13H,3-5,8-9H2,1-2H3,(H,20,23)/t13-/m1/s1. The van der Waals surface area contributed by atoms with Crippen molar-refractivity contribution < 1.29 is 4.79 Å². The fourth-order valence-electron chi connectivity index (χ4n) is 3.17. The summed E-state index contributed by atoms with van der Waals surface area (Å²) in [5.74, 6) is 0.467. The molecule has 1 aliphatic rings. The SMILES string of the molecule is CC(C)c1cc(C(=O)N2CCC[C@@H](Cn3cncn3)C2)cc(=O)[nH]1. The first-order valence-corrected chi connectivity index (χ1v) is 8.39. The third-order valence-electron chi connectivity index (χ3n) is 4.45. The number of amides is 1. The fraction of sp³-hybridized carbons (Fsp3) is 0.529. The topological polar surface area (TPSA) is 83.9 Å². The van der Waals surface area contributed by atoms with Crippen molar-refractivity contribution in [3.63, 3.8) is 0 Å². The summed E-state index contributed by atoms with van der Waals surface area (Å²) in [6.45, 7) is 6.17. The van der Waals surface area contributed by atoms with Gasteiger partial charge in [-0.05, 0) is 30.7 Å². The van der Waals surface area contributed by atoms with Gasteiger partial charge in [-0.3, -0.25) is 14.3 Å². The molecule has 0 radical (unpaired) electrons. The second-order valence-corrected chi connectivity index (χ2v) is 6.72. The smallest absolute Gasteiger partial charge is 0.254 e. The number of carbonyl (C=O) groups excluding carboxylic acids is 1. The van der Waals surface area contributed by atoms with E-state index in [2.05, 4.69) is 15.1 Å². The van der Waals surface area contributed by atoms with Gasteiger partial charge in [-0.2, -0.15) is 5.10 Å². The zero-order chi connectivity index (χ0) is 17.1. The highest BCUT2D eigenvalue weighted by atomic mass is 16.2. The minimum atomic E-state index is -0.222. The van der Waals surface area contributed by atoms with E-state index in [4.69, 9.17) is 0 Å². The second-order valence-electron chi connectivity index (χ2n) is 6.72. The predicted octanol–water partition coefficient (Wildman–Crippen LogP) is 1.64. The maximum Gasteiger partial charge on any atom is 0.254 e. The number of piperidine rings is 1. The summed E-state index contributed by atoms with van der Waals surface area (Å²) in [5, 5.41) is 4.14. The van der Waals surface area contributed by atoms with E-state index in [0.717, 1.165) is 31.6 Å². The van der Waals surface area contributed by atoms with Gasteiger partial charge in [0, 0.05) is 37.0 Å². The molecule has 2 aromatic heterocycles. The Kier molecular flexibility index (Phi) is 4.78. The number of aromatic nitrogens is 4. The van der Waals surface area contributed by atoms with Crippen molar-refractivity contribution in [3.05, 3.63) is 46.4 Å². The van der Waals surface area contributed by atoms with Crippen molar-refractivity contribution in [2.24, 2.45) is 5.92 Å². The Morgan fingerprint density at radius 3 is 2.96 bits per heavy atom. The van der Waals surface area contributed by atoms with Crippen LogP contribution in [-0.4, -0.2) is 43.6 Å². The minimum absolute atomic E-state index is 0.0636. The van der Waals surface area contributed by atoms with Crippen LogP contribution in [0.5, 0.6) is 0 Å². The summed E-state index contributed by atoms with van der Waals surface area (Å²) in [5.41, 5.74) is 1.05. The van der Waals surface area contributed by atoms with Crippen LogP contribution in [0.15, 0.2) is 29.6 Å². The summed E-state index contributed by atoms with van der Waals surface area (Å²) >= 11 is 0. The largest absolute Gasteiger partial charge is 0.338 e. The number of pyridine rings is 1. The van der Waals surface area contributed by atoms with Gasteiger partial charge in [-0.1, -0.05) is 13.8 Å². The van der Waals surface area contributed by atoms with Crippen LogP contribution >= 0.6 is 0 Å². The molecular weight excluding hydrogens is 306 g/mol. The maximum atomic E-state index is 12.8. The first kappa shape index (κ1) is 16.4. The first-order chi connectivity index (χ1) is 11.5. The number of carbonyl (C=O) groups is 1. The molecule has 3 rings (SSSR count). The molecule has 2 aromatic rings. The number of nitrogens with one attached hydrogen (secondary N) is 1. The highest BCUT2D eigenvalue weighted by molar-refractivity contribution is 5.94. The van der Waals surface area contributed by atoms with Gasteiger partial charge in [0.1, 0.15) is 12.7 Å². The number of hydrogen-bond donors (Lipinski definition) is 1. The van der Waals surface area contributed by atoms with Crippen LogP contribution in [0.2, 0.25) is 0 Å². The average Bonchev–Trinajstić information content (AvgIpc) is 3.06. The Bertz CT molecular complexity index is 751. The maximum absolute atomic E-state index is 12.8. The summed E-state index contributed by atoms with van der Waals surface area (Å²) < 4.78 is 1.81. The van der Waals surface area contributed by atoms with E-state index in [1.807, 2.05) is 23.4 Å². The van der Waals surface area contributed by atoms with Crippen molar-refractivity contribution in [1.82, 2.24) is 24.6 Å². The third kappa shape index (κ3) is 3.72. The Hall–Kier alpha value is -2.44. The van der Waals surface area contributed by atoms with Gasteiger partial charge >= 0.3 is 0 Å². The summed E-state index contributed by atoms with van der Waals surface area (Å²) in [6.07, 6.45) is 5.25. The molecule has 1 amide bonds. The van der Waals surface area contributed by atoms with E-state index in [-0.39, 0.29) is 17.4 Å². The number of rotatable bonds is 4. The van der Waals surface area contributed by atoms with Crippen molar-refractivity contribution >= 4 is 5.91 Å². The van der Waals surface area contributed by atoms with Crippen molar-refractivity contribution in [2.45, 2.75) is 39.2 Å². The molecule has 1 N–H and O–H groups in total. The Labute approximate surface area is 140 Å². The molecule has 7 heteroatoms. The molecular formula is C17H23N5O2. The molecule has 0 bridgehead atoms. The quantitative estimate of drug-likeness (QED) is 0.924. The van der Waals surface area contributed by atoms with E-state index >= 15 is 0 Å².